The van der Waals surface area contributed by atoms with Crippen LogP contribution in [0.15, 0.2) is 41.2 Å². The predicted octanol–water partition coefficient (Wildman–Crippen LogP) is 2.29. The van der Waals surface area contributed by atoms with Gasteiger partial charge in [0.15, 0.2) is 0 Å². The van der Waals surface area contributed by atoms with E-state index in [1.807, 2.05) is 44.2 Å². The number of nitrogens with two attached hydrogens (primary N) is 1. The van der Waals surface area contributed by atoms with Crippen LogP contribution in [0.4, 0.5) is 0 Å². The average Bonchev–Trinajstić information content (AvgIpc) is 2.39. The number of rotatable bonds is 4. The summed E-state index contributed by atoms with van der Waals surface area (Å²) in [6, 6.07) is 11.2. The smallest absolute Gasteiger partial charge is 0.252 e. The second-order valence-corrected chi connectivity index (χ2v) is 4.62. The van der Waals surface area contributed by atoms with Crippen molar-refractivity contribution in [1.82, 2.24) is 4.98 Å². The second-order valence-electron chi connectivity index (χ2n) is 4.62. The Morgan fingerprint density at radius 1 is 1.16 bits per heavy atom. The molecule has 2 rings (SSSR count). The highest BCUT2D eigenvalue weighted by atomic mass is 16.5. The minimum absolute atomic E-state index is 0.137. The fourth-order valence-corrected chi connectivity index (χ4v) is 1.82. The van der Waals surface area contributed by atoms with Gasteiger partial charge in [-0.25, -0.2) is 0 Å². The molecule has 0 fully saturated rings. The van der Waals surface area contributed by atoms with E-state index in [2.05, 4.69) is 4.98 Å². The third kappa shape index (κ3) is 3.23. The van der Waals surface area contributed by atoms with Crippen molar-refractivity contribution in [3.63, 3.8) is 0 Å². The number of benzene rings is 1. The highest BCUT2D eigenvalue weighted by Crippen LogP contribution is 2.20. The fourth-order valence-electron chi connectivity index (χ4n) is 1.82. The van der Waals surface area contributed by atoms with Crippen LogP contribution in [0.5, 0.6) is 5.75 Å². The van der Waals surface area contributed by atoms with E-state index in [0.717, 1.165) is 17.0 Å². The molecular formula is C15H18N2O2. The van der Waals surface area contributed by atoms with E-state index < -0.39 is 0 Å². The molecule has 0 aliphatic heterocycles. The number of pyridine rings is 1. The van der Waals surface area contributed by atoms with Crippen LogP contribution in [0.25, 0.3) is 11.3 Å². The summed E-state index contributed by atoms with van der Waals surface area (Å²) >= 11 is 0. The zero-order valence-corrected chi connectivity index (χ0v) is 11.1. The Morgan fingerprint density at radius 3 is 2.37 bits per heavy atom. The average molecular weight is 258 g/mol. The van der Waals surface area contributed by atoms with E-state index in [1.165, 1.54) is 0 Å². The molecule has 0 atom stereocenters. The molecule has 3 N–H and O–H groups in total. The molecule has 0 saturated heterocycles. The van der Waals surface area contributed by atoms with Gasteiger partial charge >= 0.3 is 0 Å². The van der Waals surface area contributed by atoms with Gasteiger partial charge in [-0.2, -0.15) is 0 Å². The summed E-state index contributed by atoms with van der Waals surface area (Å²) in [5.41, 5.74) is 7.64. The Labute approximate surface area is 112 Å². The van der Waals surface area contributed by atoms with Crippen LogP contribution in [0.1, 0.15) is 19.4 Å². The minimum Gasteiger partial charge on any atom is -0.491 e. The standard InChI is InChI=1S/C15H18N2O2/c1-10(2)19-13-6-3-11(4-7-13)14-8-5-12(9-16)15(18)17-14/h3-8,10H,9,16H2,1-2H3,(H,17,18). The molecule has 19 heavy (non-hydrogen) atoms. The van der Waals surface area contributed by atoms with Crippen LogP contribution < -0.4 is 16.0 Å². The minimum atomic E-state index is -0.137. The van der Waals surface area contributed by atoms with Crippen LogP contribution in [0, 0.1) is 0 Å². The SMILES string of the molecule is CC(C)Oc1ccc(-c2ccc(CN)c(=O)[nH]2)cc1. The first-order valence-electron chi connectivity index (χ1n) is 6.29. The molecule has 0 spiro atoms. The van der Waals surface area contributed by atoms with Crippen LogP contribution in [-0.4, -0.2) is 11.1 Å². The Kier molecular flexibility index (Phi) is 4.02. The first-order chi connectivity index (χ1) is 9.10. The van der Waals surface area contributed by atoms with Crippen LogP contribution in [0.3, 0.4) is 0 Å². The molecule has 0 radical (unpaired) electrons. The normalized spacial score (nSPS) is 10.7. The lowest BCUT2D eigenvalue weighted by Crippen LogP contribution is -2.15. The van der Waals surface area contributed by atoms with Gasteiger partial charge in [0.2, 0.25) is 0 Å². The molecule has 1 aromatic carbocycles. The molecule has 0 bridgehead atoms. The maximum atomic E-state index is 11.7. The quantitative estimate of drug-likeness (QED) is 0.884. The van der Waals surface area contributed by atoms with Crippen molar-refractivity contribution in [2.75, 3.05) is 0 Å². The topological polar surface area (TPSA) is 68.1 Å². The molecule has 100 valence electrons. The molecule has 0 unspecified atom stereocenters. The number of hydrogen-bond donors (Lipinski definition) is 2. The van der Waals surface area contributed by atoms with Gasteiger partial charge in [0.25, 0.3) is 5.56 Å². The predicted molar refractivity (Wildman–Crippen MR) is 76.2 cm³/mol. The van der Waals surface area contributed by atoms with Crippen molar-refractivity contribution >= 4 is 0 Å². The van der Waals surface area contributed by atoms with Crippen molar-refractivity contribution < 1.29 is 4.74 Å². The molecule has 4 heteroatoms. The zero-order chi connectivity index (χ0) is 13.8. The van der Waals surface area contributed by atoms with E-state index in [4.69, 9.17) is 10.5 Å². The summed E-state index contributed by atoms with van der Waals surface area (Å²) in [5, 5.41) is 0. The fraction of sp³-hybridized carbons (Fsp3) is 0.267. The van der Waals surface area contributed by atoms with Crippen LogP contribution in [0.2, 0.25) is 0 Å². The van der Waals surface area contributed by atoms with E-state index in [-0.39, 0.29) is 18.2 Å². The van der Waals surface area contributed by atoms with E-state index in [0.29, 0.717) is 5.56 Å². The molecule has 0 aliphatic rings. The molecule has 0 aliphatic carbocycles. The largest absolute Gasteiger partial charge is 0.491 e. The Morgan fingerprint density at radius 2 is 1.84 bits per heavy atom. The van der Waals surface area contributed by atoms with Gasteiger partial charge in [-0.1, -0.05) is 6.07 Å². The third-order valence-corrected chi connectivity index (χ3v) is 2.75. The van der Waals surface area contributed by atoms with Gasteiger partial charge in [-0.05, 0) is 49.7 Å². The van der Waals surface area contributed by atoms with Crippen molar-refractivity contribution in [2.45, 2.75) is 26.5 Å². The molecule has 1 aromatic heterocycles. The number of nitrogens with one attached hydrogen (secondary N) is 1. The number of aromatic amines is 1. The lowest BCUT2D eigenvalue weighted by molar-refractivity contribution is 0.242. The van der Waals surface area contributed by atoms with Crippen molar-refractivity contribution in [1.29, 1.82) is 0 Å². The summed E-state index contributed by atoms with van der Waals surface area (Å²) in [4.78, 5) is 14.5. The van der Waals surface area contributed by atoms with E-state index in [9.17, 15) is 4.79 Å². The number of ether oxygens (including phenoxy) is 1. The summed E-state index contributed by atoms with van der Waals surface area (Å²) in [5.74, 6) is 0.819. The van der Waals surface area contributed by atoms with Gasteiger partial charge in [0.05, 0.1) is 6.10 Å². The maximum absolute atomic E-state index is 11.7. The molecule has 4 nitrogen and oxygen atoms in total. The van der Waals surface area contributed by atoms with Gasteiger partial charge < -0.3 is 15.5 Å². The lowest BCUT2D eigenvalue weighted by atomic mass is 10.1. The van der Waals surface area contributed by atoms with Gasteiger partial charge in [-0.3, -0.25) is 4.79 Å². The Balaban J connectivity index is 2.27. The Bertz CT molecular complexity index is 600. The molecule has 2 aromatic rings. The maximum Gasteiger partial charge on any atom is 0.252 e. The van der Waals surface area contributed by atoms with Crippen molar-refractivity contribution in [3.05, 3.63) is 52.3 Å². The van der Waals surface area contributed by atoms with E-state index in [1.54, 1.807) is 6.07 Å². The molecule has 0 amide bonds. The van der Waals surface area contributed by atoms with Gasteiger partial charge in [0.1, 0.15) is 5.75 Å². The summed E-state index contributed by atoms with van der Waals surface area (Å²) in [6.45, 7) is 4.21. The van der Waals surface area contributed by atoms with Gasteiger partial charge in [-0.15, -0.1) is 0 Å². The first-order valence-corrected chi connectivity index (χ1v) is 6.29. The summed E-state index contributed by atoms with van der Waals surface area (Å²) in [7, 11) is 0. The first kappa shape index (κ1) is 13.4. The summed E-state index contributed by atoms with van der Waals surface area (Å²) < 4.78 is 5.58. The number of hydrogen-bond acceptors (Lipinski definition) is 3. The monoisotopic (exact) mass is 258 g/mol. The van der Waals surface area contributed by atoms with E-state index >= 15 is 0 Å². The number of aromatic nitrogens is 1. The third-order valence-electron chi connectivity index (χ3n) is 2.75. The number of H-pyrrole nitrogens is 1. The highest BCUT2D eigenvalue weighted by Gasteiger charge is 2.03. The Hall–Kier alpha value is -2.07. The van der Waals surface area contributed by atoms with Crippen molar-refractivity contribution in [2.24, 2.45) is 5.73 Å². The lowest BCUT2D eigenvalue weighted by Gasteiger charge is -2.10. The zero-order valence-electron chi connectivity index (χ0n) is 11.1. The molecule has 1 heterocycles. The molecule has 0 saturated carbocycles. The summed E-state index contributed by atoms with van der Waals surface area (Å²) in [6.07, 6.45) is 0.148. The van der Waals surface area contributed by atoms with Gasteiger partial charge in [0, 0.05) is 17.8 Å². The second kappa shape index (κ2) is 5.71. The molecular weight excluding hydrogens is 240 g/mol. The van der Waals surface area contributed by atoms with Crippen LogP contribution in [-0.2, 0) is 6.54 Å². The highest BCUT2D eigenvalue weighted by molar-refractivity contribution is 5.60. The van der Waals surface area contributed by atoms with Crippen LogP contribution >= 0.6 is 0 Å². The van der Waals surface area contributed by atoms with Crippen molar-refractivity contribution in [3.8, 4) is 17.0 Å².